The monoisotopic (exact) mass is 384 g/mol. The van der Waals surface area contributed by atoms with Crippen LogP contribution in [0.1, 0.15) is 52.5 Å². The number of benzene rings is 1. The van der Waals surface area contributed by atoms with E-state index < -0.39 is 23.8 Å². The average molecular weight is 384 g/mol. The first-order valence-corrected chi connectivity index (χ1v) is 9.66. The van der Waals surface area contributed by atoms with Gasteiger partial charge in [-0.05, 0) is 30.4 Å². The Morgan fingerprint density at radius 1 is 1.14 bits per heavy atom. The molecule has 0 aliphatic carbocycles. The van der Waals surface area contributed by atoms with Crippen LogP contribution in [0.15, 0.2) is 18.2 Å². The van der Waals surface area contributed by atoms with Crippen LogP contribution in [0.2, 0.25) is 0 Å². The lowest BCUT2D eigenvalue weighted by Gasteiger charge is -2.35. The topological polar surface area (TPSA) is 113 Å². The molecule has 0 spiro atoms. The van der Waals surface area contributed by atoms with Crippen LogP contribution in [0.25, 0.3) is 0 Å². The highest BCUT2D eigenvalue weighted by Crippen LogP contribution is 2.31. The molecule has 3 atom stereocenters. The lowest BCUT2D eigenvalue weighted by atomic mass is 9.95. The van der Waals surface area contributed by atoms with E-state index in [4.69, 9.17) is 5.73 Å². The molecule has 3 aliphatic heterocycles. The highest BCUT2D eigenvalue weighted by atomic mass is 16.2. The minimum Gasteiger partial charge on any atom is -0.327 e. The molecule has 0 radical (unpaired) electrons. The van der Waals surface area contributed by atoms with Crippen LogP contribution in [0.5, 0.6) is 0 Å². The fourth-order valence-electron chi connectivity index (χ4n) is 4.60. The minimum absolute atomic E-state index is 0.0952. The molecular formula is C20H24N4O4. The third-order valence-electron chi connectivity index (χ3n) is 5.72. The summed E-state index contributed by atoms with van der Waals surface area (Å²) in [5, 5.41) is 2.22. The maximum atomic E-state index is 13.1. The summed E-state index contributed by atoms with van der Waals surface area (Å²) in [6, 6.07) is 4.39. The quantitative estimate of drug-likeness (QED) is 0.723. The largest absolute Gasteiger partial charge is 0.327 e. The van der Waals surface area contributed by atoms with Crippen molar-refractivity contribution in [3.8, 4) is 0 Å². The van der Waals surface area contributed by atoms with Crippen molar-refractivity contribution < 1.29 is 19.2 Å². The van der Waals surface area contributed by atoms with Gasteiger partial charge in [-0.25, -0.2) is 0 Å². The van der Waals surface area contributed by atoms with Gasteiger partial charge in [0, 0.05) is 32.1 Å². The molecule has 1 aromatic rings. The lowest BCUT2D eigenvalue weighted by Crippen LogP contribution is -2.54. The van der Waals surface area contributed by atoms with Crippen LogP contribution in [0.3, 0.4) is 0 Å². The van der Waals surface area contributed by atoms with Crippen LogP contribution < -0.4 is 11.1 Å². The molecular weight excluding hydrogens is 360 g/mol. The molecule has 0 bridgehead atoms. The Kier molecular flexibility index (Phi) is 4.76. The van der Waals surface area contributed by atoms with E-state index in [-0.39, 0.29) is 24.8 Å². The molecule has 28 heavy (non-hydrogen) atoms. The van der Waals surface area contributed by atoms with Crippen LogP contribution in [-0.4, -0.2) is 58.6 Å². The van der Waals surface area contributed by atoms with Crippen LogP contribution >= 0.6 is 0 Å². The predicted octanol–water partition coefficient (Wildman–Crippen LogP) is 0.257. The molecule has 3 aliphatic rings. The SMILES string of the molecule is C[C@H]1C[C@H](N)CN(Cc2cccc3c2C(=O)N(C2CCC(=O)NC2=O)C3=O)C1. The zero-order chi connectivity index (χ0) is 20.0. The van der Waals surface area contributed by atoms with Crippen molar-refractivity contribution in [2.24, 2.45) is 11.7 Å². The molecule has 0 aromatic heterocycles. The van der Waals surface area contributed by atoms with Crippen molar-refractivity contribution in [3.63, 3.8) is 0 Å². The average Bonchev–Trinajstić information content (AvgIpc) is 2.86. The van der Waals surface area contributed by atoms with Gasteiger partial charge in [0.05, 0.1) is 11.1 Å². The van der Waals surface area contributed by atoms with Crippen molar-refractivity contribution >= 4 is 23.6 Å². The van der Waals surface area contributed by atoms with Gasteiger partial charge < -0.3 is 5.73 Å². The third-order valence-corrected chi connectivity index (χ3v) is 5.72. The van der Waals surface area contributed by atoms with Crippen molar-refractivity contribution in [1.29, 1.82) is 0 Å². The summed E-state index contributed by atoms with van der Waals surface area (Å²) >= 11 is 0. The molecule has 1 aromatic carbocycles. The zero-order valence-corrected chi connectivity index (χ0v) is 15.8. The molecule has 4 rings (SSSR count). The van der Waals surface area contributed by atoms with E-state index in [1.165, 1.54) is 0 Å². The van der Waals surface area contributed by atoms with Crippen LogP contribution in [0.4, 0.5) is 0 Å². The van der Waals surface area contributed by atoms with Crippen molar-refractivity contribution in [1.82, 2.24) is 15.1 Å². The summed E-state index contributed by atoms with van der Waals surface area (Å²) in [5.41, 5.74) is 7.59. The molecule has 2 saturated heterocycles. The second kappa shape index (κ2) is 7.10. The van der Waals surface area contributed by atoms with Gasteiger partial charge >= 0.3 is 0 Å². The standard InChI is InChI=1S/C20H24N4O4/c1-11-7-13(21)10-23(8-11)9-12-3-2-4-14-17(12)20(28)24(19(14)27)15-5-6-16(25)22-18(15)26/h2-4,11,13,15H,5-10,21H2,1H3,(H,22,25,26)/t11-,13-,15?/m0/s1. The summed E-state index contributed by atoms with van der Waals surface area (Å²) in [6.45, 7) is 4.31. The fraction of sp³-hybridized carbons (Fsp3) is 0.500. The van der Waals surface area contributed by atoms with Gasteiger partial charge in [-0.1, -0.05) is 19.1 Å². The Labute approximate surface area is 163 Å². The highest BCUT2D eigenvalue weighted by molar-refractivity contribution is 6.24. The van der Waals surface area contributed by atoms with Crippen LogP contribution in [-0.2, 0) is 16.1 Å². The van der Waals surface area contributed by atoms with Gasteiger partial charge in [0.1, 0.15) is 6.04 Å². The van der Waals surface area contributed by atoms with Crippen molar-refractivity contribution in [2.45, 2.75) is 44.8 Å². The molecule has 148 valence electrons. The van der Waals surface area contributed by atoms with E-state index in [1.54, 1.807) is 12.1 Å². The number of nitrogens with one attached hydrogen (secondary N) is 1. The summed E-state index contributed by atoms with van der Waals surface area (Å²) in [5.74, 6) is -1.44. The molecule has 8 nitrogen and oxygen atoms in total. The molecule has 1 unspecified atom stereocenters. The molecule has 3 heterocycles. The van der Waals surface area contributed by atoms with E-state index in [0.717, 1.165) is 30.0 Å². The summed E-state index contributed by atoms with van der Waals surface area (Å²) in [4.78, 5) is 52.8. The first kappa shape index (κ1) is 18.8. The first-order valence-electron chi connectivity index (χ1n) is 9.66. The highest BCUT2D eigenvalue weighted by Gasteiger charge is 2.45. The van der Waals surface area contributed by atoms with Gasteiger partial charge in [0.15, 0.2) is 0 Å². The number of nitrogens with two attached hydrogens (primary N) is 1. The smallest absolute Gasteiger partial charge is 0.262 e. The van der Waals surface area contributed by atoms with E-state index >= 15 is 0 Å². The number of fused-ring (bicyclic) bond motifs is 1. The molecule has 8 heteroatoms. The Morgan fingerprint density at radius 3 is 2.64 bits per heavy atom. The number of amides is 4. The lowest BCUT2D eigenvalue weighted by molar-refractivity contribution is -0.136. The third kappa shape index (κ3) is 3.22. The van der Waals surface area contributed by atoms with Crippen LogP contribution in [0, 0.1) is 5.92 Å². The Balaban J connectivity index is 1.61. The van der Waals surface area contributed by atoms with E-state index in [9.17, 15) is 19.2 Å². The minimum atomic E-state index is -0.943. The Hall–Kier alpha value is -2.58. The van der Waals surface area contributed by atoms with Gasteiger partial charge in [-0.3, -0.25) is 34.3 Å². The number of hydrogen-bond acceptors (Lipinski definition) is 6. The Bertz CT molecular complexity index is 858. The number of rotatable bonds is 3. The summed E-state index contributed by atoms with van der Waals surface area (Å²) in [7, 11) is 0. The van der Waals surface area contributed by atoms with Crippen molar-refractivity contribution in [2.75, 3.05) is 13.1 Å². The number of nitrogens with zero attached hydrogens (tertiary/aromatic N) is 2. The molecule has 2 fully saturated rings. The second-order valence-electron chi connectivity index (χ2n) is 8.08. The van der Waals surface area contributed by atoms with E-state index in [1.807, 2.05) is 6.07 Å². The normalized spacial score (nSPS) is 28.5. The molecule has 4 amide bonds. The number of piperidine rings is 2. The molecule has 0 saturated carbocycles. The number of carbonyl (C=O) groups is 4. The van der Waals surface area contributed by atoms with E-state index in [2.05, 4.69) is 17.1 Å². The summed E-state index contributed by atoms with van der Waals surface area (Å²) < 4.78 is 0. The number of hydrogen-bond donors (Lipinski definition) is 2. The molecule has 3 N–H and O–H groups in total. The number of likely N-dealkylation sites (tertiary alicyclic amines) is 1. The number of carbonyl (C=O) groups excluding carboxylic acids is 4. The van der Waals surface area contributed by atoms with E-state index in [0.29, 0.717) is 23.6 Å². The summed E-state index contributed by atoms with van der Waals surface area (Å²) in [6.07, 6.45) is 1.24. The predicted molar refractivity (Wildman–Crippen MR) is 100 cm³/mol. The maximum absolute atomic E-state index is 13.1. The van der Waals surface area contributed by atoms with Gasteiger partial charge in [0.25, 0.3) is 11.8 Å². The van der Waals surface area contributed by atoms with Gasteiger partial charge in [0.2, 0.25) is 11.8 Å². The zero-order valence-electron chi connectivity index (χ0n) is 15.8. The Morgan fingerprint density at radius 2 is 1.93 bits per heavy atom. The fourth-order valence-corrected chi connectivity index (χ4v) is 4.60. The first-order chi connectivity index (χ1) is 13.3. The van der Waals surface area contributed by atoms with Crippen molar-refractivity contribution in [3.05, 3.63) is 34.9 Å². The van der Waals surface area contributed by atoms with Gasteiger partial charge in [-0.15, -0.1) is 0 Å². The second-order valence-corrected chi connectivity index (χ2v) is 8.08. The maximum Gasteiger partial charge on any atom is 0.262 e. The van der Waals surface area contributed by atoms with Gasteiger partial charge in [-0.2, -0.15) is 0 Å². The number of imide groups is 2.